The molecule has 0 radical (unpaired) electrons. The Morgan fingerprint density at radius 2 is 1.96 bits per heavy atom. The topological polar surface area (TPSA) is 54.9 Å². The largest absolute Gasteiger partial charge is 0.497 e. The van der Waals surface area contributed by atoms with Gasteiger partial charge in [-0.2, -0.15) is 0 Å². The molecule has 1 aromatic carbocycles. The van der Waals surface area contributed by atoms with Gasteiger partial charge in [-0.1, -0.05) is 0 Å². The molecular weight excluding hydrogens is 314 g/mol. The third kappa shape index (κ3) is 3.24. The number of anilines is 1. The number of thiazole rings is 1. The molecule has 1 fully saturated rings. The number of carbonyl (C=O) groups is 1. The van der Waals surface area contributed by atoms with Crippen LogP contribution in [0.3, 0.4) is 0 Å². The highest BCUT2D eigenvalue weighted by Crippen LogP contribution is 2.26. The highest BCUT2D eigenvalue weighted by Gasteiger charge is 2.25. The lowest BCUT2D eigenvalue weighted by Crippen LogP contribution is -2.48. The molecule has 23 heavy (non-hydrogen) atoms. The van der Waals surface area contributed by atoms with E-state index in [2.05, 4.69) is 9.88 Å². The number of rotatable bonds is 4. The number of hydrogen-bond acceptors (Lipinski definition) is 6. The smallest absolute Gasteiger partial charge is 0.257 e. The van der Waals surface area contributed by atoms with Crippen molar-refractivity contribution in [2.75, 3.05) is 45.3 Å². The average Bonchev–Trinajstić information content (AvgIpc) is 3.15. The summed E-state index contributed by atoms with van der Waals surface area (Å²) in [5, 5.41) is 2.98. The van der Waals surface area contributed by atoms with Crippen molar-refractivity contribution in [2.45, 2.75) is 0 Å². The molecule has 1 saturated heterocycles. The van der Waals surface area contributed by atoms with Gasteiger partial charge in [0.2, 0.25) is 0 Å². The highest BCUT2D eigenvalue weighted by molar-refractivity contribution is 7.13. The normalized spacial score (nSPS) is 14.7. The van der Waals surface area contributed by atoms with Crippen molar-refractivity contribution in [3.8, 4) is 11.5 Å². The third-order valence-electron chi connectivity index (χ3n) is 3.90. The van der Waals surface area contributed by atoms with E-state index in [4.69, 9.17) is 9.47 Å². The number of piperazine rings is 1. The van der Waals surface area contributed by atoms with Crippen LogP contribution in [0.15, 0.2) is 29.8 Å². The zero-order valence-corrected chi connectivity index (χ0v) is 14.0. The first-order valence-corrected chi connectivity index (χ1v) is 8.26. The molecule has 0 unspecified atom stereocenters. The maximum absolute atomic E-state index is 12.7. The van der Waals surface area contributed by atoms with Crippen LogP contribution in [0, 0.1) is 0 Å². The minimum absolute atomic E-state index is 0.0108. The summed E-state index contributed by atoms with van der Waals surface area (Å²) in [5.74, 6) is 1.20. The Morgan fingerprint density at radius 3 is 2.57 bits per heavy atom. The third-order valence-corrected chi connectivity index (χ3v) is 4.73. The molecule has 0 N–H and O–H groups in total. The van der Waals surface area contributed by atoms with E-state index in [1.165, 1.54) is 0 Å². The van der Waals surface area contributed by atoms with Crippen LogP contribution in [0.25, 0.3) is 0 Å². The van der Waals surface area contributed by atoms with E-state index >= 15 is 0 Å². The van der Waals surface area contributed by atoms with Crippen LogP contribution < -0.4 is 14.4 Å². The first-order chi connectivity index (χ1) is 11.2. The SMILES string of the molecule is COc1ccc(C(=O)N2CCN(c3nccs3)CC2)c(OC)c1. The van der Waals surface area contributed by atoms with Crippen LogP contribution in [-0.2, 0) is 0 Å². The second-order valence-corrected chi connectivity index (χ2v) is 6.03. The van der Waals surface area contributed by atoms with Gasteiger partial charge >= 0.3 is 0 Å². The van der Waals surface area contributed by atoms with Crippen molar-refractivity contribution in [3.63, 3.8) is 0 Å². The molecule has 1 amide bonds. The van der Waals surface area contributed by atoms with Crippen LogP contribution in [0.5, 0.6) is 11.5 Å². The zero-order valence-electron chi connectivity index (χ0n) is 13.2. The molecule has 3 rings (SSSR count). The fourth-order valence-corrected chi connectivity index (χ4v) is 3.32. The molecule has 1 aromatic heterocycles. The summed E-state index contributed by atoms with van der Waals surface area (Å²) in [4.78, 5) is 21.1. The maximum atomic E-state index is 12.7. The van der Waals surface area contributed by atoms with Gasteiger partial charge in [-0.25, -0.2) is 4.98 Å². The molecule has 122 valence electrons. The van der Waals surface area contributed by atoms with Gasteiger partial charge in [0.25, 0.3) is 5.91 Å². The summed E-state index contributed by atoms with van der Waals surface area (Å²) in [6.45, 7) is 2.93. The lowest BCUT2D eigenvalue weighted by atomic mass is 10.1. The van der Waals surface area contributed by atoms with Gasteiger partial charge < -0.3 is 19.3 Å². The molecule has 0 aliphatic carbocycles. The highest BCUT2D eigenvalue weighted by atomic mass is 32.1. The standard InChI is InChI=1S/C16H19N3O3S/c1-21-12-3-4-13(14(11-12)22-2)15(20)18-6-8-19(9-7-18)16-17-5-10-23-16/h3-5,10-11H,6-9H2,1-2H3. The Hall–Kier alpha value is -2.28. The summed E-state index contributed by atoms with van der Waals surface area (Å²) < 4.78 is 10.5. The van der Waals surface area contributed by atoms with E-state index in [-0.39, 0.29) is 5.91 Å². The predicted octanol–water partition coefficient (Wildman–Crippen LogP) is 2.12. The van der Waals surface area contributed by atoms with E-state index < -0.39 is 0 Å². The quantitative estimate of drug-likeness (QED) is 0.858. The van der Waals surface area contributed by atoms with Gasteiger partial charge in [-0.05, 0) is 12.1 Å². The Labute approximate surface area is 139 Å². The van der Waals surface area contributed by atoms with Crippen LogP contribution >= 0.6 is 11.3 Å². The van der Waals surface area contributed by atoms with Gasteiger partial charge in [0.05, 0.1) is 19.8 Å². The molecule has 1 aliphatic rings. The van der Waals surface area contributed by atoms with Gasteiger partial charge in [-0.15, -0.1) is 11.3 Å². The van der Waals surface area contributed by atoms with Crippen molar-refractivity contribution in [2.24, 2.45) is 0 Å². The van der Waals surface area contributed by atoms with Crippen molar-refractivity contribution in [1.82, 2.24) is 9.88 Å². The average molecular weight is 333 g/mol. The fourth-order valence-electron chi connectivity index (χ4n) is 2.62. The number of ether oxygens (including phenoxy) is 2. The molecule has 2 aromatic rings. The Balaban J connectivity index is 1.70. The number of nitrogens with zero attached hydrogens (tertiary/aromatic N) is 3. The summed E-state index contributed by atoms with van der Waals surface area (Å²) in [6, 6.07) is 5.27. The van der Waals surface area contributed by atoms with Crippen LogP contribution in [0.2, 0.25) is 0 Å². The molecule has 7 heteroatoms. The molecule has 0 spiro atoms. The molecule has 0 atom stereocenters. The summed E-state index contributed by atoms with van der Waals surface area (Å²) >= 11 is 1.62. The van der Waals surface area contributed by atoms with E-state index in [9.17, 15) is 4.79 Å². The number of hydrogen-bond donors (Lipinski definition) is 0. The Kier molecular flexibility index (Phi) is 4.66. The van der Waals surface area contributed by atoms with Crippen molar-refractivity contribution < 1.29 is 14.3 Å². The van der Waals surface area contributed by atoms with Gasteiger partial charge in [0.1, 0.15) is 11.5 Å². The molecule has 2 heterocycles. The monoisotopic (exact) mass is 333 g/mol. The first-order valence-electron chi connectivity index (χ1n) is 7.38. The molecule has 0 bridgehead atoms. The number of aromatic nitrogens is 1. The fraction of sp³-hybridized carbons (Fsp3) is 0.375. The predicted molar refractivity (Wildman–Crippen MR) is 89.8 cm³/mol. The van der Waals surface area contributed by atoms with E-state index in [1.807, 2.05) is 10.3 Å². The van der Waals surface area contributed by atoms with Crippen molar-refractivity contribution in [1.29, 1.82) is 0 Å². The van der Waals surface area contributed by atoms with E-state index in [0.717, 1.165) is 18.2 Å². The number of methoxy groups -OCH3 is 2. The summed E-state index contributed by atoms with van der Waals surface area (Å²) in [7, 11) is 3.15. The Morgan fingerprint density at radius 1 is 1.17 bits per heavy atom. The van der Waals surface area contributed by atoms with E-state index in [0.29, 0.717) is 30.2 Å². The van der Waals surface area contributed by atoms with Gasteiger partial charge in [0, 0.05) is 43.8 Å². The van der Waals surface area contributed by atoms with Crippen molar-refractivity contribution >= 4 is 22.4 Å². The van der Waals surface area contributed by atoms with Gasteiger partial charge in [0.15, 0.2) is 5.13 Å². The van der Waals surface area contributed by atoms with E-state index in [1.54, 1.807) is 50.0 Å². The summed E-state index contributed by atoms with van der Waals surface area (Å²) in [5.41, 5.74) is 0.566. The minimum atomic E-state index is -0.0108. The summed E-state index contributed by atoms with van der Waals surface area (Å²) in [6.07, 6.45) is 1.81. The number of benzene rings is 1. The second kappa shape index (κ2) is 6.87. The minimum Gasteiger partial charge on any atom is -0.497 e. The molecular formula is C16H19N3O3S. The molecule has 6 nitrogen and oxygen atoms in total. The van der Waals surface area contributed by atoms with Crippen LogP contribution in [0.1, 0.15) is 10.4 Å². The van der Waals surface area contributed by atoms with Crippen molar-refractivity contribution in [3.05, 3.63) is 35.3 Å². The maximum Gasteiger partial charge on any atom is 0.257 e. The zero-order chi connectivity index (χ0) is 16.2. The number of amides is 1. The van der Waals surface area contributed by atoms with Crippen LogP contribution in [0.4, 0.5) is 5.13 Å². The van der Waals surface area contributed by atoms with Gasteiger partial charge in [-0.3, -0.25) is 4.79 Å². The number of carbonyl (C=O) groups excluding carboxylic acids is 1. The second-order valence-electron chi connectivity index (χ2n) is 5.16. The first kappa shape index (κ1) is 15.6. The lowest BCUT2D eigenvalue weighted by molar-refractivity contribution is 0.0743. The van der Waals surface area contributed by atoms with Crippen LogP contribution in [-0.4, -0.2) is 56.2 Å². The lowest BCUT2D eigenvalue weighted by Gasteiger charge is -2.34. The molecule has 0 saturated carbocycles. The Bertz CT molecular complexity index is 667. The molecule has 1 aliphatic heterocycles.